The van der Waals surface area contributed by atoms with Gasteiger partial charge in [0.15, 0.2) is 0 Å². The Labute approximate surface area is 121 Å². The van der Waals surface area contributed by atoms with Gasteiger partial charge in [-0.2, -0.15) is 0 Å². The molecule has 0 aliphatic carbocycles. The summed E-state index contributed by atoms with van der Waals surface area (Å²) in [7, 11) is 0. The van der Waals surface area contributed by atoms with Crippen LogP contribution in [-0.2, 0) is 9.59 Å². The zero-order chi connectivity index (χ0) is 14.4. The van der Waals surface area contributed by atoms with Crippen molar-refractivity contribution in [3.63, 3.8) is 0 Å². The number of rotatable bonds is 6. The molecule has 0 saturated carbocycles. The number of aliphatic carboxylic acids is 1. The molecule has 108 valence electrons. The molecule has 1 heterocycles. The maximum atomic E-state index is 12.0. The number of thioether (sulfide) groups is 1. The Morgan fingerprint density at radius 2 is 2.10 bits per heavy atom. The average molecular weight is 295 g/mol. The molecular formula is C14H17NO4S. The first-order valence-corrected chi connectivity index (χ1v) is 7.62. The summed E-state index contributed by atoms with van der Waals surface area (Å²) in [6.45, 7) is 0.453. The lowest BCUT2D eigenvalue weighted by atomic mass is 10.2. The fourth-order valence-corrected chi connectivity index (χ4v) is 3.14. The van der Waals surface area contributed by atoms with Crippen LogP contribution in [0, 0.1) is 0 Å². The van der Waals surface area contributed by atoms with Gasteiger partial charge in [-0.15, -0.1) is 11.8 Å². The van der Waals surface area contributed by atoms with E-state index in [9.17, 15) is 9.59 Å². The standard InChI is InChI=1S/C14H17NO4S/c16-13(15-10-20-9-12(15)14(17)18)7-4-8-19-11-5-2-1-3-6-11/h1-3,5-6,12H,4,7-10H2,(H,17,18)/t12-/m0/s1. The molecule has 1 N–H and O–H groups in total. The smallest absolute Gasteiger partial charge is 0.327 e. The summed E-state index contributed by atoms with van der Waals surface area (Å²) in [4.78, 5) is 24.4. The molecule has 1 aromatic rings. The van der Waals surface area contributed by atoms with Gasteiger partial charge in [0.05, 0.1) is 12.5 Å². The number of hydrogen-bond acceptors (Lipinski definition) is 4. The molecule has 0 aromatic heterocycles. The van der Waals surface area contributed by atoms with Crippen LogP contribution in [0.5, 0.6) is 5.75 Å². The minimum atomic E-state index is -0.927. The fourth-order valence-electron chi connectivity index (χ4n) is 1.97. The Morgan fingerprint density at radius 3 is 2.80 bits per heavy atom. The zero-order valence-corrected chi connectivity index (χ0v) is 11.8. The van der Waals surface area contributed by atoms with Gasteiger partial charge in [0.2, 0.25) is 5.91 Å². The molecule has 0 bridgehead atoms. The van der Waals surface area contributed by atoms with Gasteiger partial charge in [0.1, 0.15) is 11.8 Å². The van der Waals surface area contributed by atoms with Crippen LogP contribution in [0.25, 0.3) is 0 Å². The number of carbonyl (C=O) groups excluding carboxylic acids is 1. The van der Waals surface area contributed by atoms with Crippen molar-refractivity contribution in [2.24, 2.45) is 0 Å². The van der Waals surface area contributed by atoms with E-state index in [-0.39, 0.29) is 5.91 Å². The Kier molecular flexibility index (Phi) is 5.29. The highest BCUT2D eigenvalue weighted by Gasteiger charge is 2.33. The number of amides is 1. The molecule has 1 aliphatic heterocycles. The van der Waals surface area contributed by atoms with E-state index in [1.807, 2.05) is 30.3 Å². The summed E-state index contributed by atoms with van der Waals surface area (Å²) in [6, 6.07) is 8.73. The van der Waals surface area contributed by atoms with Crippen molar-refractivity contribution in [3.05, 3.63) is 30.3 Å². The molecular weight excluding hydrogens is 278 g/mol. The van der Waals surface area contributed by atoms with Gasteiger partial charge >= 0.3 is 5.97 Å². The van der Waals surface area contributed by atoms with Crippen molar-refractivity contribution in [3.8, 4) is 5.75 Å². The van der Waals surface area contributed by atoms with Gasteiger partial charge in [0.25, 0.3) is 0 Å². The number of carboxylic acid groups (broad SMARTS) is 1. The van der Waals surface area contributed by atoms with Gasteiger partial charge in [-0.05, 0) is 18.6 Å². The van der Waals surface area contributed by atoms with Gasteiger partial charge in [-0.25, -0.2) is 4.79 Å². The lowest BCUT2D eigenvalue weighted by Crippen LogP contribution is -2.41. The third-order valence-electron chi connectivity index (χ3n) is 3.03. The highest BCUT2D eigenvalue weighted by atomic mass is 32.2. The molecule has 6 heteroatoms. The third-order valence-corrected chi connectivity index (χ3v) is 4.05. The molecule has 1 fully saturated rings. The molecule has 1 saturated heterocycles. The molecule has 0 unspecified atom stereocenters. The first-order valence-electron chi connectivity index (χ1n) is 6.46. The van der Waals surface area contributed by atoms with E-state index in [1.165, 1.54) is 16.7 Å². The van der Waals surface area contributed by atoms with Crippen LogP contribution >= 0.6 is 11.8 Å². The van der Waals surface area contributed by atoms with E-state index in [0.717, 1.165) is 5.75 Å². The second-order valence-electron chi connectivity index (χ2n) is 4.48. The first kappa shape index (κ1) is 14.7. The summed E-state index contributed by atoms with van der Waals surface area (Å²) in [5.41, 5.74) is 0. The van der Waals surface area contributed by atoms with E-state index < -0.39 is 12.0 Å². The molecule has 1 aromatic carbocycles. The van der Waals surface area contributed by atoms with Gasteiger partial charge in [-0.3, -0.25) is 4.79 Å². The molecule has 20 heavy (non-hydrogen) atoms. The molecule has 5 nitrogen and oxygen atoms in total. The van der Waals surface area contributed by atoms with E-state index in [1.54, 1.807) is 0 Å². The second kappa shape index (κ2) is 7.19. The zero-order valence-electron chi connectivity index (χ0n) is 11.0. The molecule has 0 radical (unpaired) electrons. The Balaban J connectivity index is 1.71. The van der Waals surface area contributed by atoms with Crippen molar-refractivity contribution in [2.45, 2.75) is 18.9 Å². The van der Waals surface area contributed by atoms with Crippen LogP contribution in [-0.4, -0.2) is 46.2 Å². The van der Waals surface area contributed by atoms with Crippen LogP contribution in [0.4, 0.5) is 0 Å². The number of carbonyl (C=O) groups is 2. The number of para-hydroxylation sites is 1. The Hall–Kier alpha value is -1.69. The summed E-state index contributed by atoms with van der Waals surface area (Å²) in [5.74, 6) is 0.680. The lowest BCUT2D eigenvalue weighted by molar-refractivity contribution is -0.147. The lowest BCUT2D eigenvalue weighted by Gasteiger charge is -2.20. The van der Waals surface area contributed by atoms with E-state index in [4.69, 9.17) is 9.84 Å². The fraction of sp³-hybridized carbons (Fsp3) is 0.429. The van der Waals surface area contributed by atoms with Crippen LogP contribution in [0.15, 0.2) is 30.3 Å². The number of ether oxygens (including phenoxy) is 1. The molecule has 0 spiro atoms. The van der Waals surface area contributed by atoms with E-state index in [2.05, 4.69) is 0 Å². The largest absolute Gasteiger partial charge is 0.494 e. The number of nitrogens with zero attached hydrogens (tertiary/aromatic N) is 1. The normalized spacial score (nSPS) is 18.0. The van der Waals surface area contributed by atoms with Crippen LogP contribution in [0.2, 0.25) is 0 Å². The van der Waals surface area contributed by atoms with Crippen molar-refractivity contribution in [2.75, 3.05) is 18.2 Å². The highest BCUT2D eigenvalue weighted by Crippen LogP contribution is 2.22. The number of carboxylic acids is 1. The minimum Gasteiger partial charge on any atom is -0.494 e. The maximum absolute atomic E-state index is 12.0. The Morgan fingerprint density at radius 1 is 1.35 bits per heavy atom. The van der Waals surface area contributed by atoms with Crippen molar-refractivity contribution >= 4 is 23.6 Å². The van der Waals surface area contributed by atoms with E-state index in [0.29, 0.717) is 31.1 Å². The molecule has 1 aliphatic rings. The summed E-state index contributed by atoms with van der Waals surface area (Å²) in [5, 5.41) is 9.02. The van der Waals surface area contributed by atoms with Crippen molar-refractivity contribution in [1.29, 1.82) is 0 Å². The quantitative estimate of drug-likeness (QED) is 0.811. The van der Waals surface area contributed by atoms with E-state index >= 15 is 0 Å². The molecule has 1 amide bonds. The van der Waals surface area contributed by atoms with Crippen LogP contribution in [0.3, 0.4) is 0 Å². The second-order valence-corrected chi connectivity index (χ2v) is 5.48. The molecule has 1 atom stereocenters. The third kappa shape index (κ3) is 3.90. The summed E-state index contributed by atoms with van der Waals surface area (Å²) >= 11 is 1.48. The highest BCUT2D eigenvalue weighted by molar-refractivity contribution is 7.99. The summed E-state index contributed by atoms with van der Waals surface area (Å²) in [6.07, 6.45) is 0.901. The Bertz CT molecular complexity index is 466. The average Bonchev–Trinajstić information content (AvgIpc) is 2.94. The predicted molar refractivity (Wildman–Crippen MR) is 76.8 cm³/mol. The number of benzene rings is 1. The SMILES string of the molecule is O=C(O)[C@@H]1CSCN1C(=O)CCCOc1ccccc1. The first-order chi connectivity index (χ1) is 9.68. The van der Waals surface area contributed by atoms with Gasteiger partial charge < -0.3 is 14.7 Å². The summed E-state index contributed by atoms with van der Waals surface area (Å²) < 4.78 is 5.50. The molecule has 2 rings (SSSR count). The predicted octanol–water partition coefficient (Wildman–Crippen LogP) is 1.83. The van der Waals surface area contributed by atoms with Crippen LogP contribution < -0.4 is 4.74 Å². The minimum absolute atomic E-state index is 0.112. The van der Waals surface area contributed by atoms with Crippen molar-refractivity contribution in [1.82, 2.24) is 4.90 Å². The van der Waals surface area contributed by atoms with Gasteiger partial charge in [0, 0.05) is 12.2 Å². The van der Waals surface area contributed by atoms with Crippen LogP contribution in [0.1, 0.15) is 12.8 Å². The monoisotopic (exact) mass is 295 g/mol. The topological polar surface area (TPSA) is 66.8 Å². The maximum Gasteiger partial charge on any atom is 0.327 e. The van der Waals surface area contributed by atoms with Crippen molar-refractivity contribution < 1.29 is 19.4 Å². The number of hydrogen-bond donors (Lipinski definition) is 1. The van der Waals surface area contributed by atoms with Gasteiger partial charge in [-0.1, -0.05) is 18.2 Å².